The zero-order valence-electron chi connectivity index (χ0n) is 10.9. The number of anilines is 1. The molecule has 1 amide bonds. The third-order valence-electron chi connectivity index (χ3n) is 2.73. The first kappa shape index (κ1) is 14.5. The Labute approximate surface area is 125 Å². The van der Waals surface area contributed by atoms with Crippen molar-refractivity contribution in [1.29, 1.82) is 0 Å². The number of aryl methyl sites for hydroxylation is 1. The molecule has 0 heterocycles. The molecule has 0 aliphatic heterocycles. The van der Waals surface area contributed by atoms with Gasteiger partial charge in [-0.15, -0.1) is 0 Å². The standard InChI is InChI=1S/C16H13BrFNO/c1-11-5-7-14(18)10-15(11)19-16(20)8-6-12-3-2-4-13(17)9-12/h2-10H,1H3,(H,19,20)/b8-6+. The number of carbonyl (C=O) groups is 1. The van der Waals surface area contributed by atoms with Gasteiger partial charge in [-0.05, 0) is 48.4 Å². The fourth-order valence-electron chi connectivity index (χ4n) is 1.69. The molecule has 20 heavy (non-hydrogen) atoms. The minimum absolute atomic E-state index is 0.293. The average Bonchev–Trinajstić information content (AvgIpc) is 2.41. The highest BCUT2D eigenvalue weighted by Crippen LogP contribution is 2.16. The van der Waals surface area contributed by atoms with Gasteiger partial charge in [-0.3, -0.25) is 4.79 Å². The summed E-state index contributed by atoms with van der Waals surface area (Å²) in [7, 11) is 0. The summed E-state index contributed by atoms with van der Waals surface area (Å²) in [4.78, 5) is 11.8. The molecule has 0 unspecified atom stereocenters. The Morgan fingerprint density at radius 2 is 2.05 bits per heavy atom. The van der Waals surface area contributed by atoms with E-state index in [1.807, 2.05) is 31.2 Å². The monoisotopic (exact) mass is 333 g/mol. The van der Waals surface area contributed by atoms with Crippen molar-refractivity contribution in [1.82, 2.24) is 0 Å². The molecule has 0 aliphatic carbocycles. The normalized spacial score (nSPS) is 10.8. The van der Waals surface area contributed by atoms with Crippen LogP contribution in [0.2, 0.25) is 0 Å². The maximum Gasteiger partial charge on any atom is 0.248 e. The fourth-order valence-corrected chi connectivity index (χ4v) is 2.10. The summed E-state index contributed by atoms with van der Waals surface area (Å²) in [6, 6.07) is 11.9. The van der Waals surface area contributed by atoms with Crippen LogP contribution in [-0.4, -0.2) is 5.91 Å². The number of benzene rings is 2. The SMILES string of the molecule is Cc1ccc(F)cc1NC(=O)/C=C/c1cccc(Br)c1. The molecule has 0 atom stereocenters. The van der Waals surface area contributed by atoms with Gasteiger partial charge in [0.05, 0.1) is 0 Å². The molecule has 0 radical (unpaired) electrons. The molecule has 102 valence electrons. The minimum Gasteiger partial charge on any atom is -0.322 e. The van der Waals surface area contributed by atoms with Gasteiger partial charge >= 0.3 is 0 Å². The van der Waals surface area contributed by atoms with Crippen LogP contribution in [-0.2, 0) is 4.79 Å². The molecule has 0 saturated heterocycles. The van der Waals surface area contributed by atoms with Gasteiger partial charge in [-0.1, -0.05) is 34.1 Å². The van der Waals surface area contributed by atoms with E-state index in [2.05, 4.69) is 21.2 Å². The molecule has 0 bridgehead atoms. The second-order valence-corrected chi connectivity index (χ2v) is 5.25. The lowest BCUT2D eigenvalue weighted by molar-refractivity contribution is -0.111. The van der Waals surface area contributed by atoms with E-state index in [-0.39, 0.29) is 11.7 Å². The van der Waals surface area contributed by atoms with Crippen molar-refractivity contribution < 1.29 is 9.18 Å². The third kappa shape index (κ3) is 4.03. The van der Waals surface area contributed by atoms with E-state index in [1.54, 1.807) is 12.1 Å². The number of nitrogens with one attached hydrogen (secondary N) is 1. The average molecular weight is 334 g/mol. The summed E-state index contributed by atoms with van der Waals surface area (Å²) in [5, 5.41) is 2.66. The van der Waals surface area contributed by atoms with Gasteiger partial charge in [0.15, 0.2) is 0 Å². The third-order valence-corrected chi connectivity index (χ3v) is 3.23. The van der Waals surface area contributed by atoms with Crippen LogP contribution >= 0.6 is 15.9 Å². The Kier molecular flexibility index (Phi) is 4.69. The van der Waals surface area contributed by atoms with Crippen molar-refractivity contribution in [3.8, 4) is 0 Å². The van der Waals surface area contributed by atoms with Crippen LogP contribution in [0.1, 0.15) is 11.1 Å². The van der Waals surface area contributed by atoms with Gasteiger partial charge in [0.1, 0.15) is 5.82 Å². The largest absolute Gasteiger partial charge is 0.322 e. The zero-order chi connectivity index (χ0) is 14.5. The second-order valence-electron chi connectivity index (χ2n) is 4.34. The molecular formula is C16H13BrFNO. The van der Waals surface area contributed by atoms with E-state index < -0.39 is 0 Å². The summed E-state index contributed by atoms with van der Waals surface area (Å²) < 4.78 is 14.1. The van der Waals surface area contributed by atoms with Crippen molar-refractivity contribution in [2.45, 2.75) is 6.92 Å². The van der Waals surface area contributed by atoms with Gasteiger partial charge in [-0.25, -0.2) is 4.39 Å². The second kappa shape index (κ2) is 6.48. The fraction of sp³-hybridized carbons (Fsp3) is 0.0625. The number of halogens is 2. The Hall–Kier alpha value is -1.94. The molecule has 2 aromatic carbocycles. The van der Waals surface area contributed by atoms with E-state index in [0.29, 0.717) is 5.69 Å². The van der Waals surface area contributed by atoms with E-state index >= 15 is 0 Å². The maximum atomic E-state index is 13.1. The number of carbonyl (C=O) groups excluding carboxylic acids is 1. The highest BCUT2D eigenvalue weighted by molar-refractivity contribution is 9.10. The number of amides is 1. The van der Waals surface area contributed by atoms with Crippen LogP contribution in [0.15, 0.2) is 53.0 Å². The summed E-state index contributed by atoms with van der Waals surface area (Å²) in [6.45, 7) is 1.81. The highest BCUT2D eigenvalue weighted by Gasteiger charge is 2.03. The Morgan fingerprint density at radius 3 is 2.80 bits per heavy atom. The predicted molar refractivity (Wildman–Crippen MR) is 82.9 cm³/mol. The summed E-state index contributed by atoms with van der Waals surface area (Å²) in [5.74, 6) is -0.666. The van der Waals surface area contributed by atoms with E-state index in [9.17, 15) is 9.18 Å². The first-order chi connectivity index (χ1) is 9.54. The molecule has 0 aromatic heterocycles. The Morgan fingerprint density at radius 1 is 1.25 bits per heavy atom. The van der Waals surface area contributed by atoms with Gasteiger partial charge in [-0.2, -0.15) is 0 Å². The molecule has 2 aromatic rings. The molecule has 1 N–H and O–H groups in total. The molecule has 0 saturated carbocycles. The van der Waals surface area contributed by atoms with Crippen LogP contribution in [0.3, 0.4) is 0 Å². The molecule has 4 heteroatoms. The van der Waals surface area contributed by atoms with Crippen molar-refractivity contribution in [3.63, 3.8) is 0 Å². The predicted octanol–water partition coefficient (Wildman–Crippen LogP) is 4.55. The molecule has 2 rings (SSSR count). The van der Waals surface area contributed by atoms with Crippen LogP contribution in [0.5, 0.6) is 0 Å². The summed E-state index contributed by atoms with van der Waals surface area (Å²) in [6.07, 6.45) is 3.13. The lowest BCUT2D eigenvalue weighted by Crippen LogP contribution is -2.09. The molecule has 0 fully saturated rings. The van der Waals surface area contributed by atoms with Gasteiger partial charge in [0, 0.05) is 16.2 Å². The van der Waals surface area contributed by atoms with Gasteiger partial charge < -0.3 is 5.32 Å². The van der Waals surface area contributed by atoms with Crippen LogP contribution in [0, 0.1) is 12.7 Å². The quantitative estimate of drug-likeness (QED) is 0.820. The van der Waals surface area contributed by atoms with Crippen LogP contribution in [0.25, 0.3) is 6.08 Å². The summed E-state index contributed by atoms with van der Waals surface area (Å²) in [5.41, 5.74) is 2.20. The Bertz CT molecular complexity index is 667. The summed E-state index contributed by atoms with van der Waals surface area (Å²) >= 11 is 3.36. The van der Waals surface area contributed by atoms with E-state index in [1.165, 1.54) is 18.2 Å². The lowest BCUT2D eigenvalue weighted by Gasteiger charge is -2.06. The van der Waals surface area contributed by atoms with Crippen LogP contribution in [0.4, 0.5) is 10.1 Å². The highest BCUT2D eigenvalue weighted by atomic mass is 79.9. The van der Waals surface area contributed by atoms with E-state index in [0.717, 1.165) is 15.6 Å². The van der Waals surface area contributed by atoms with Crippen molar-refractivity contribution in [2.75, 3.05) is 5.32 Å². The number of rotatable bonds is 3. The Balaban J connectivity index is 2.07. The molecule has 2 nitrogen and oxygen atoms in total. The molecule has 0 spiro atoms. The first-order valence-electron chi connectivity index (χ1n) is 6.05. The minimum atomic E-state index is -0.373. The first-order valence-corrected chi connectivity index (χ1v) is 6.85. The molecular weight excluding hydrogens is 321 g/mol. The smallest absolute Gasteiger partial charge is 0.248 e. The van der Waals surface area contributed by atoms with Crippen molar-refractivity contribution in [3.05, 3.63) is 70.0 Å². The number of hydrogen-bond acceptors (Lipinski definition) is 1. The van der Waals surface area contributed by atoms with Crippen molar-refractivity contribution >= 4 is 33.6 Å². The number of hydrogen-bond donors (Lipinski definition) is 1. The van der Waals surface area contributed by atoms with Gasteiger partial charge in [0.2, 0.25) is 5.91 Å². The maximum absolute atomic E-state index is 13.1. The topological polar surface area (TPSA) is 29.1 Å². The van der Waals surface area contributed by atoms with Crippen molar-refractivity contribution in [2.24, 2.45) is 0 Å². The zero-order valence-corrected chi connectivity index (χ0v) is 12.4. The van der Waals surface area contributed by atoms with Crippen LogP contribution < -0.4 is 5.32 Å². The molecule has 0 aliphatic rings. The van der Waals surface area contributed by atoms with Gasteiger partial charge in [0.25, 0.3) is 0 Å². The van der Waals surface area contributed by atoms with E-state index in [4.69, 9.17) is 0 Å². The lowest BCUT2D eigenvalue weighted by atomic mass is 10.2.